The molecule has 224 valence electrons. The van der Waals surface area contributed by atoms with Crippen LogP contribution in [-0.4, -0.2) is 46.3 Å². The van der Waals surface area contributed by atoms with Crippen LogP contribution in [0.2, 0.25) is 0 Å². The summed E-state index contributed by atoms with van der Waals surface area (Å²) in [5.41, 5.74) is 17.8. The number of hydrogen-bond acceptors (Lipinski definition) is 9. The standard InChI is InChI=1S/C33H37N5O5/c1-32(42-21-25-15-9-4-10-16-25)29(41-20-24-13-7-3-8-14-24)27(22-40-19-23-11-5-2-6-12-23)43-33(32,39)28-18-17-26-30(34)36-31(35)37-38(26)28/h2-18,27,29,31,37,39H,19-22,35H2,1H3,(H2,34,36)/t27-,29-,31?,32-,33+/m1/s1. The quantitative estimate of drug-likeness (QED) is 0.211. The van der Waals surface area contributed by atoms with E-state index in [0.29, 0.717) is 18.0 Å². The summed E-state index contributed by atoms with van der Waals surface area (Å²) >= 11 is 0. The Balaban J connectivity index is 1.37. The summed E-state index contributed by atoms with van der Waals surface area (Å²) in [5.74, 6) is -1.77. The third kappa shape index (κ3) is 5.81. The molecular weight excluding hydrogens is 546 g/mol. The molecule has 0 amide bonds. The van der Waals surface area contributed by atoms with Crippen molar-refractivity contribution in [3.8, 4) is 0 Å². The lowest BCUT2D eigenvalue weighted by molar-refractivity contribution is -0.294. The van der Waals surface area contributed by atoms with Crippen LogP contribution in [0.3, 0.4) is 0 Å². The van der Waals surface area contributed by atoms with E-state index in [4.69, 9.17) is 30.4 Å². The fourth-order valence-corrected chi connectivity index (χ4v) is 5.68. The number of fused-ring (bicyclic) bond motifs is 1. The fourth-order valence-electron chi connectivity index (χ4n) is 5.68. The summed E-state index contributed by atoms with van der Waals surface area (Å²) in [5, 5.41) is 12.7. The van der Waals surface area contributed by atoms with Gasteiger partial charge in [-0.05, 0) is 35.7 Å². The topological polar surface area (TPSA) is 139 Å². The molecule has 1 aromatic heterocycles. The molecule has 3 heterocycles. The van der Waals surface area contributed by atoms with Gasteiger partial charge in [-0.3, -0.25) is 15.8 Å². The van der Waals surface area contributed by atoms with Gasteiger partial charge in [-0.25, -0.2) is 4.99 Å². The van der Waals surface area contributed by atoms with Gasteiger partial charge in [0.1, 0.15) is 29.4 Å². The van der Waals surface area contributed by atoms with Crippen LogP contribution < -0.4 is 16.9 Å². The number of aliphatic hydroxyl groups is 1. The Morgan fingerprint density at radius 2 is 1.44 bits per heavy atom. The Morgan fingerprint density at radius 1 is 0.860 bits per heavy atom. The van der Waals surface area contributed by atoms with Crippen molar-refractivity contribution in [1.82, 2.24) is 4.68 Å². The van der Waals surface area contributed by atoms with Gasteiger partial charge in [0, 0.05) is 0 Å². The number of rotatable bonds is 11. The molecule has 0 saturated carbocycles. The molecule has 4 aromatic rings. The molecule has 1 saturated heterocycles. The molecule has 10 nitrogen and oxygen atoms in total. The number of aliphatic imine (C=N–C) groups is 1. The molecule has 5 atom stereocenters. The van der Waals surface area contributed by atoms with Crippen molar-refractivity contribution in [2.75, 3.05) is 12.0 Å². The van der Waals surface area contributed by atoms with E-state index in [-0.39, 0.29) is 25.7 Å². The molecule has 2 aliphatic rings. The molecular formula is C33H37N5O5. The van der Waals surface area contributed by atoms with Crippen molar-refractivity contribution >= 4 is 5.84 Å². The normalized spacial score (nSPS) is 26.5. The van der Waals surface area contributed by atoms with Crippen molar-refractivity contribution in [2.24, 2.45) is 16.5 Å². The molecule has 0 radical (unpaired) electrons. The summed E-state index contributed by atoms with van der Waals surface area (Å²) in [6.45, 7) is 2.80. The average molecular weight is 584 g/mol. The highest BCUT2D eigenvalue weighted by Gasteiger charge is 2.67. The summed E-state index contributed by atoms with van der Waals surface area (Å²) in [4.78, 5) is 4.20. The summed E-state index contributed by atoms with van der Waals surface area (Å²) in [7, 11) is 0. The second-order valence-electron chi connectivity index (χ2n) is 10.9. The van der Waals surface area contributed by atoms with Gasteiger partial charge in [-0.2, -0.15) is 0 Å². The third-order valence-electron chi connectivity index (χ3n) is 7.95. The predicted octanol–water partition coefficient (Wildman–Crippen LogP) is 3.31. The number of nitrogens with one attached hydrogen (secondary N) is 1. The number of amidine groups is 1. The van der Waals surface area contributed by atoms with E-state index < -0.39 is 29.9 Å². The highest BCUT2D eigenvalue weighted by molar-refractivity contribution is 5.97. The zero-order chi connectivity index (χ0) is 29.9. The minimum Gasteiger partial charge on any atom is -0.382 e. The van der Waals surface area contributed by atoms with Crippen LogP contribution in [0.4, 0.5) is 0 Å². The van der Waals surface area contributed by atoms with Crippen LogP contribution in [-0.2, 0) is 44.6 Å². The second-order valence-corrected chi connectivity index (χ2v) is 10.9. The predicted molar refractivity (Wildman–Crippen MR) is 162 cm³/mol. The van der Waals surface area contributed by atoms with Gasteiger partial charge in [-0.15, -0.1) is 0 Å². The number of ether oxygens (including phenoxy) is 4. The summed E-state index contributed by atoms with van der Waals surface area (Å²) in [6, 6.07) is 33.0. The minimum atomic E-state index is -2.01. The van der Waals surface area contributed by atoms with Crippen LogP contribution in [0.15, 0.2) is 108 Å². The van der Waals surface area contributed by atoms with Gasteiger partial charge >= 0.3 is 0 Å². The lowest BCUT2D eigenvalue weighted by Gasteiger charge is -2.41. The molecule has 6 N–H and O–H groups in total. The maximum Gasteiger partial charge on any atom is 0.242 e. The van der Waals surface area contributed by atoms with E-state index in [1.54, 1.807) is 16.8 Å². The fraction of sp³-hybridized carbons (Fsp3) is 0.303. The first-order valence-corrected chi connectivity index (χ1v) is 14.3. The minimum absolute atomic E-state index is 0.144. The maximum absolute atomic E-state index is 12.7. The maximum atomic E-state index is 12.7. The highest BCUT2D eigenvalue weighted by atomic mass is 16.7. The molecule has 0 spiro atoms. The van der Waals surface area contributed by atoms with Crippen molar-refractivity contribution in [3.05, 3.63) is 131 Å². The van der Waals surface area contributed by atoms with Crippen LogP contribution in [0.25, 0.3) is 0 Å². The van der Waals surface area contributed by atoms with Gasteiger partial charge in [0.2, 0.25) is 5.79 Å². The van der Waals surface area contributed by atoms with Crippen LogP contribution in [0, 0.1) is 0 Å². The molecule has 1 unspecified atom stereocenters. The molecule has 0 bridgehead atoms. The van der Waals surface area contributed by atoms with E-state index in [9.17, 15) is 5.11 Å². The number of nitrogens with zero attached hydrogens (tertiary/aromatic N) is 2. The second kappa shape index (κ2) is 12.3. The average Bonchev–Trinajstić information content (AvgIpc) is 3.54. The Bertz CT molecular complexity index is 1530. The zero-order valence-electron chi connectivity index (χ0n) is 24.0. The Labute approximate surface area is 250 Å². The lowest BCUT2D eigenvalue weighted by Crippen LogP contribution is -2.57. The monoisotopic (exact) mass is 583 g/mol. The van der Waals surface area contributed by atoms with Crippen LogP contribution >= 0.6 is 0 Å². The van der Waals surface area contributed by atoms with Crippen molar-refractivity contribution in [3.63, 3.8) is 0 Å². The zero-order valence-corrected chi connectivity index (χ0v) is 24.0. The Hall–Kier alpha value is -4.03. The lowest BCUT2D eigenvalue weighted by atomic mass is 9.87. The van der Waals surface area contributed by atoms with Gasteiger partial charge in [0.05, 0.1) is 26.4 Å². The van der Waals surface area contributed by atoms with Crippen molar-refractivity contribution < 1.29 is 24.1 Å². The summed E-state index contributed by atoms with van der Waals surface area (Å²) in [6.07, 6.45) is -2.26. The molecule has 0 aliphatic carbocycles. The highest BCUT2D eigenvalue weighted by Crippen LogP contribution is 2.50. The Morgan fingerprint density at radius 3 is 2.07 bits per heavy atom. The van der Waals surface area contributed by atoms with E-state index in [1.165, 1.54) is 0 Å². The first-order chi connectivity index (χ1) is 20.9. The third-order valence-corrected chi connectivity index (χ3v) is 7.95. The molecule has 43 heavy (non-hydrogen) atoms. The number of hydrogen-bond donors (Lipinski definition) is 4. The van der Waals surface area contributed by atoms with E-state index >= 15 is 0 Å². The Kier molecular flexibility index (Phi) is 8.31. The number of nitrogens with two attached hydrogens (primary N) is 2. The summed E-state index contributed by atoms with van der Waals surface area (Å²) < 4.78 is 27.6. The SMILES string of the molecule is C[C@@]1(OCc2ccccc2)[C@H](OCc2ccccc2)[C@@H](COCc2ccccc2)O[C@@]1(O)c1ccc2n1NC(N)N=C2N. The van der Waals surface area contributed by atoms with Crippen LogP contribution in [0.1, 0.15) is 35.0 Å². The van der Waals surface area contributed by atoms with Crippen LogP contribution in [0.5, 0.6) is 0 Å². The first kappa shape index (κ1) is 29.1. The van der Waals surface area contributed by atoms with Gasteiger partial charge in [0.15, 0.2) is 11.9 Å². The number of aromatic nitrogens is 1. The van der Waals surface area contributed by atoms with Crippen molar-refractivity contribution in [1.29, 1.82) is 0 Å². The smallest absolute Gasteiger partial charge is 0.242 e. The van der Waals surface area contributed by atoms with Crippen molar-refractivity contribution in [2.45, 2.75) is 56.6 Å². The molecule has 6 rings (SSSR count). The number of benzene rings is 3. The molecule has 2 aliphatic heterocycles. The van der Waals surface area contributed by atoms with Gasteiger partial charge in [0.25, 0.3) is 0 Å². The van der Waals surface area contributed by atoms with E-state index in [0.717, 1.165) is 16.7 Å². The molecule has 1 fully saturated rings. The first-order valence-electron chi connectivity index (χ1n) is 14.3. The van der Waals surface area contributed by atoms with E-state index in [1.807, 2.05) is 97.9 Å². The van der Waals surface area contributed by atoms with Gasteiger partial charge < -0.3 is 29.8 Å². The van der Waals surface area contributed by atoms with E-state index in [2.05, 4.69) is 10.4 Å². The molecule has 3 aromatic carbocycles. The van der Waals surface area contributed by atoms with Gasteiger partial charge in [-0.1, -0.05) is 91.0 Å². The molecule has 10 heteroatoms. The largest absolute Gasteiger partial charge is 0.382 e.